The first-order chi connectivity index (χ1) is 71.4. The van der Waals surface area contributed by atoms with Gasteiger partial charge in [-0.25, -0.2) is 0 Å². The second-order valence-electron chi connectivity index (χ2n) is 46.5. The van der Waals surface area contributed by atoms with Crippen LogP contribution >= 0.6 is 204 Å². The van der Waals surface area contributed by atoms with Crippen LogP contribution in [-0.2, 0) is 12.8 Å². The van der Waals surface area contributed by atoms with Crippen molar-refractivity contribution in [2.45, 2.75) is 347 Å². The van der Waals surface area contributed by atoms with Crippen molar-refractivity contribution in [1.82, 2.24) is 0 Å². The zero-order valence-corrected chi connectivity index (χ0v) is 105. The molecular formula is C130H150S18. The second-order valence-corrected chi connectivity index (χ2v) is 64.4. The first kappa shape index (κ1) is 109. The Kier molecular flexibility index (Phi) is 36.1. The minimum absolute atomic E-state index is 0.584. The summed E-state index contributed by atoms with van der Waals surface area (Å²) < 4.78 is 26.9. The van der Waals surface area contributed by atoms with E-state index in [1.807, 2.05) is 193 Å². The third-order valence-electron chi connectivity index (χ3n) is 33.3. The Morgan fingerprint density at radius 1 is 0.236 bits per heavy atom. The van der Waals surface area contributed by atoms with E-state index < -0.39 is 0 Å². The largest absolute Gasteiger partial charge is 0.143 e. The van der Waals surface area contributed by atoms with Gasteiger partial charge in [0.15, 0.2) is 0 Å². The normalized spacial score (nSPS) is 17.5. The predicted octanol–water partition coefficient (Wildman–Crippen LogP) is 50.2. The van der Waals surface area contributed by atoms with Gasteiger partial charge in [0.05, 0.1) is 0 Å². The molecule has 21 aromatic rings. The van der Waals surface area contributed by atoms with E-state index in [1.165, 1.54) is 379 Å². The van der Waals surface area contributed by atoms with Gasteiger partial charge in [0.25, 0.3) is 0 Å². The molecule has 0 nitrogen and oxygen atoms in total. The zero-order valence-electron chi connectivity index (χ0n) is 90.2. The quantitative estimate of drug-likeness (QED) is 0.121. The molecule has 0 saturated heterocycles. The van der Waals surface area contributed by atoms with E-state index in [9.17, 15) is 0 Å². The third-order valence-corrected chi connectivity index (χ3v) is 56.1. The van der Waals surface area contributed by atoms with Crippen LogP contribution in [0.15, 0.2) is 176 Å². The van der Waals surface area contributed by atoms with Crippen LogP contribution in [0.25, 0.3) is 116 Å². The monoisotopic (exact) mass is 2290 g/mol. The fraction of sp³-hybridized carbons (Fsp3) is 0.446. The van der Waals surface area contributed by atoms with Gasteiger partial charge in [-0.15, -0.1) is 204 Å². The highest BCUT2D eigenvalue weighted by Crippen LogP contribution is 2.56. The Morgan fingerprint density at radius 3 is 0.932 bits per heavy atom. The molecule has 0 bridgehead atoms. The van der Waals surface area contributed by atoms with E-state index in [1.54, 1.807) is 38.7 Å². The molecule has 0 aliphatic heterocycles. The molecule has 0 amide bonds. The number of thiophene rings is 18. The van der Waals surface area contributed by atoms with Crippen LogP contribution in [0.2, 0.25) is 0 Å². The van der Waals surface area contributed by atoms with Crippen LogP contribution in [0.1, 0.15) is 347 Å². The fourth-order valence-electron chi connectivity index (χ4n) is 24.0. The lowest BCUT2D eigenvalue weighted by atomic mass is 9.63. The van der Waals surface area contributed by atoms with Crippen molar-refractivity contribution in [2.75, 3.05) is 0 Å². The summed E-state index contributed by atoms with van der Waals surface area (Å²) in [6.07, 6.45) is 46.0. The van der Waals surface area contributed by atoms with E-state index in [4.69, 9.17) is 0 Å². The summed E-state index contributed by atoms with van der Waals surface area (Å²) in [7, 11) is 0. The molecular weight excluding hydrogens is 2140 g/mol. The van der Waals surface area contributed by atoms with Crippen LogP contribution in [0, 0.1) is 111 Å². The van der Waals surface area contributed by atoms with Gasteiger partial charge in [-0.05, 0) is 444 Å². The van der Waals surface area contributed by atoms with Gasteiger partial charge in [-0.1, -0.05) is 190 Å². The molecule has 148 heavy (non-hydrogen) atoms. The van der Waals surface area contributed by atoms with Gasteiger partial charge in [0.1, 0.15) is 0 Å². The van der Waals surface area contributed by atoms with E-state index in [2.05, 4.69) is 305 Å². The molecule has 3 aromatic carbocycles. The van der Waals surface area contributed by atoms with Gasteiger partial charge in [-0.2, -0.15) is 0 Å². The molecule has 7 aliphatic rings. The lowest BCUT2D eigenvalue weighted by Crippen LogP contribution is -2.28. The van der Waals surface area contributed by atoms with Crippen molar-refractivity contribution in [1.29, 1.82) is 0 Å². The summed E-state index contributed by atoms with van der Waals surface area (Å²) in [5.74, 6) is 4.41. The van der Waals surface area contributed by atoms with Crippen molar-refractivity contribution >= 4 is 289 Å². The highest BCUT2D eigenvalue weighted by molar-refractivity contribution is 7.32. The SMILES string of the molecule is Cc1ccc(-c2cc3scc(C)c3s2)c(C)c1.Cc1ccccc1-c1cc2scc(C)c2s1.Cc1csc2cc(-c3ccccc3)sc12.Cc1csc2cc(C3CCC(C)(C)CC3)sc12.Cc1csc2cc(C3CCC(C)(C)CC3)sc12.Cc1csc2cc(C3CCC4(CCCCC4)CC3)sc12.Cc1csc2cc(C3CCCCC3)sc12.Cc1csc2cc(CC3(C)CCCC3)sc12.Cc1csc2cc(CC3CCCC3)sc12. The van der Waals surface area contributed by atoms with Gasteiger partial charge in [0.2, 0.25) is 0 Å². The molecule has 28 rings (SSSR count). The zero-order chi connectivity index (χ0) is 103. The average Bonchev–Trinajstić information content (AvgIpc) is 1.55. The number of aryl methyl sites for hydroxylation is 12. The van der Waals surface area contributed by atoms with Crippen molar-refractivity contribution in [3.8, 4) is 31.3 Å². The number of fused-ring (bicyclic) bond motifs is 9. The molecule has 778 valence electrons. The van der Waals surface area contributed by atoms with Gasteiger partial charge < -0.3 is 0 Å². The number of rotatable bonds is 11. The predicted molar refractivity (Wildman–Crippen MR) is 689 cm³/mol. The van der Waals surface area contributed by atoms with Crippen LogP contribution in [0.5, 0.6) is 0 Å². The van der Waals surface area contributed by atoms with Crippen molar-refractivity contribution in [3.05, 3.63) is 272 Å². The Labute approximate surface area is 955 Å². The van der Waals surface area contributed by atoms with Crippen LogP contribution in [0.4, 0.5) is 0 Å². The maximum absolute atomic E-state index is 2.50. The number of hydrogen-bond donors (Lipinski definition) is 0. The molecule has 7 aliphatic carbocycles. The second kappa shape index (κ2) is 48.8. The maximum Gasteiger partial charge on any atom is 0.0486 e. The van der Waals surface area contributed by atoms with Crippen molar-refractivity contribution in [2.24, 2.45) is 27.6 Å². The number of benzene rings is 3. The molecule has 1 spiro atoms. The molecule has 18 aromatic heterocycles. The Bertz CT molecular complexity index is 7790. The minimum Gasteiger partial charge on any atom is -0.143 e. The van der Waals surface area contributed by atoms with Gasteiger partial charge in [-0.3, -0.25) is 0 Å². The van der Waals surface area contributed by atoms with E-state index in [0.717, 1.165) is 35.0 Å². The topological polar surface area (TPSA) is 0 Å². The molecule has 18 heteroatoms. The smallest absolute Gasteiger partial charge is 0.0486 e. The summed E-state index contributed by atoms with van der Waals surface area (Å²) in [6, 6.07) is 47.6. The lowest BCUT2D eigenvalue weighted by Gasteiger charge is -2.43. The minimum atomic E-state index is 0.584. The molecule has 0 unspecified atom stereocenters. The lowest BCUT2D eigenvalue weighted by molar-refractivity contribution is 0.115. The summed E-state index contributed by atoms with van der Waals surface area (Å²) >= 11 is 35.0. The Hall–Kier alpha value is -5.40. The molecule has 0 radical (unpaired) electrons. The first-order valence-corrected chi connectivity index (χ1v) is 70.2. The summed E-state index contributed by atoms with van der Waals surface area (Å²) in [5, 5.41) is 20.4. The molecule has 18 heterocycles. The average molecular weight is 2290 g/mol. The standard InChI is InChI=1S/C18H24S2.2C15H20S2.C15H14S2.C14H18S2.C14H12S2.2C13H16S2.C13H10S2/c1-13-12-19-16-11-15(20-17(13)16)14-5-9-18(10-6-14)7-3-2-4-8-18;2*1-10-9-16-13-8-12(17-14(10)13)11-4-6-15(2,3)7-5-11;1-9-4-5-12(10(2)6-9)13-7-14-15(17-13)11(3)8-16-14;1-10-9-15-12-7-11(16-13(10)12)8-14(2)5-3-4-6-14;1-9-5-3-4-6-11(9)12-7-13-14(16-12)10(2)8-15-13;1-9-8-14-12-7-11(15-13(9)12)6-10-4-2-3-5-10;2*1-9-8-14-12-7-11(15-13(9)12)10-5-3-2-4-6-10/h11-12,14H,2-10H2,1H3;2*8-9,11H,4-7H2,1-3H3;4-8H,1-3H3;7,9H,3-6,8H2,1-2H3;3-8H,1-2H3;2*7-8,10H,2-6H2,1H3;2-8H,1H3. The van der Waals surface area contributed by atoms with E-state index >= 15 is 0 Å². The summed E-state index contributed by atoms with van der Waals surface area (Å²) in [6.45, 7) is 38.7. The highest BCUT2D eigenvalue weighted by Gasteiger charge is 2.38. The number of hydrogen-bond acceptors (Lipinski definition) is 18. The molecule has 7 fully saturated rings. The molecule has 0 N–H and O–H groups in total. The third kappa shape index (κ3) is 26.3. The van der Waals surface area contributed by atoms with Crippen LogP contribution in [-0.4, -0.2) is 0 Å². The van der Waals surface area contributed by atoms with Crippen LogP contribution < -0.4 is 0 Å². The first-order valence-electron chi connectivity index (χ1n) is 54.9. The maximum atomic E-state index is 2.50. The van der Waals surface area contributed by atoms with Crippen LogP contribution in [0.3, 0.4) is 0 Å². The summed E-state index contributed by atoms with van der Waals surface area (Å²) in [4.78, 5) is 14.0. The highest BCUT2D eigenvalue weighted by atomic mass is 32.2. The van der Waals surface area contributed by atoms with E-state index in [-0.39, 0.29) is 0 Å². The van der Waals surface area contributed by atoms with Gasteiger partial charge in [0, 0.05) is 128 Å². The van der Waals surface area contributed by atoms with Crippen molar-refractivity contribution in [3.63, 3.8) is 0 Å². The Balaban J connectivity index is 0.000000101. The molecule has 0 atom stereocenters. The van der Waals surface area contributed by atoms with Crippen molar-refractivity contribution < 1.29 is 0 Å². The fourth-order valence-corrected chi connectivity index (χ4v) is 46.1. The molecule has 7 saturated carbocycles. The summed E-state index contributed by atoms with van der Waals surface area (Å²) in [5.41, 5.74) is 23.7. The van der Waals surface area contributed by atoms with Gasteiger partial charge >= 0.3 is 0 Å². The Morgan fingerprint density at radius 2 is 0.547 bits per heavy atom. The van der Waals surface area contributed by atoms with E-state index in [0.29, 0.717) is 16.2 Å².